The van der Waals surface area contributed by atoms with Crippen LogP contribution in [0.15, 0.2) is 22.7 Å². The summed E-state index contributed by atoms with van der Waals surface area (Å²) >= 11 is 3.51. The molecule has 1 heterocycles. The van der Waals surface area contributed by atoms with Gasteiger partial charge >= 0.3 is 5.97 Å². The molecule has 1 N–H and O–H groups in total. The van der Waals surface area contributed by atoms with E-state index in [0.29, 0.717) is 6.54 Å². The van der Waals surface area contributed by atoms with Gasteiger partial charge in [-0.1, -0.05) is 22.9 Å². The minimum atomic E-state index is -0.684. The first kappa shape index (κ1) is 16.3. The van der Waals surface area contributed by atoms with E-state index in [1.165, 1.54) is 0 Å². The van der Waals surface area contributed by atoms with Crippen LogP contribution in [0.3, 0.4) is 0 Å². The summed E-state index contributed by atoms with van der Waals surface area (Å²) in [4.78, 5) is 13.6. The Hall–Kier alpha value is -1.07. The molecule has 1 saturated heterocycles. The van der Waals surface area contributed by atoms with Crippen LogP contribution >= 0.6 is 15.9 Å². The average Bonchev–Trinajstić information content (AvgIpc) is 2.48. The van der Waals surface area contributed by atoms with Gasteiger partial charge in [-0.2, -0.15) is 0 Å². The molecule has 0 spiro atoms. The summed E-state index contributed by atoms with van der Waals surface area (Å²) in [6.45, 7) is 3.69. The van der Waals surface area contributed by atoms with Crippen molar-refractivity contribution in [3.05, 3.63) is 28.2 Å². The smallest absolute Gasteiger partial charge is 0.307 e. The van der Waals surface area contributed by atoms with Gasteiger partial charge in [0.1, 0.15) is 5.75 Å². The number of ether oxygens (including phenoxy) is 1. The molecule has 2 unspecified atom stereocenters. The lowest BCUT2D eigenvalue weighted by molar-refractivity contribution is -0.144. The summed E-state index contributed by atoms with van der Waals surface area (Å²) < 4.78 is 6.50. The van der Waals surface area contributed by atoms with Gasteiger partial charge in [0.25, 0.3) is 0 Å². The zero-order valence-electron chi connectivity index (χ0n) is 12.5. The number of hydrogen-bond acceptors (Lipinski definition) is 3. The van der Waals surface area contributed by atoms with Gasteiger partial charge in [0, 0.05) is 22.6 Å². The zero-order valence-corrected chi connectivity index (χ0v) is 14.1. The van der Waals surface area contributed by atoms with Crippen molar-refractivity contribution in [3.8, 4) is 5.75 Å². The SMILES string of the molecule is CCC(c1cc(Br)ccc1OC)N1CCCC(C(=O)O)C1. The molecular weight excluding hydrogens is 334 g/mol. The molecule has 2 atom stereocenters. The van der Waals surface area contributed by atoms with Crippen molar-refractivity contribution < 1.29 is 14.6 Å². The number of likely N-dealkylation sites (tertiary alicyclic amines) is 1. The molecule has 1 aliphatic heterocycles. The molecule has 5 heteroatoms. The fraction of sp³-hybridized carbons (Fsp3) is 0.562. The summed E-state index contributed by atoms with van der Waals surface area (Å²) in [5, 5.41) is 9.27. The minimum absolute atomic E-state index is 0.194. The standard InChI is InChI=1S/C16H22BrNO3/c1-3-14(13-9-12(17)6-7-15(13)21-2)18-8-4-5-11(10-18)16(19)20/h6-7,9,11,14H,3-5,8,10H2,1-2H3,(H,19,20). The van der Waals surface area contributed by atoms with Crippen molar-refractivity contribution >= 4 is 21.9 Å². The molecular formula is C16H22BrNO3. The van der Waals surface area contributed by atoms with Crippen LogP contribution in [0.1, 0.15) is 37.8 Å². The number of carbonyl (C=O) groups is 1. The highest BCUT2D eigenvalue weighted by atomic mass is 79.9. The van der Waals surface area contributed by atoms with E-state index in [0.717, 1.165) is 41.6 Å². The third-order valence-corrected chi connectivity index (χ3v) is 4.67. The fourth-order valence-corrected chi connectivity index (χ4v) is 3.51. The molecule has 116 valence electrons. The van der Waals surface area contributed by atoms with E-state index in [1.807, 2.05) is 12.1 Å². The lowest BCUT2D eigenvalue weighted by Crippen LogP contribution is -2.40. The van der Waals surface area contributed by atoms with Crippen molar-refractivity contribution in [1.29, 1.82) is 0 Å². The molecule has 0 saturated carbocycles. The molecule has 1 aliphatic rings. The number of hydrogen-bond donors (Lipinski definition) is 1. The molecule has 0 radical (unpaired) electrons. The zero-order chi connectivity index (χ0) is 15.4. The molecule has 1 fully saturated rings. The Morgan fingerprint density at radius 1 is 1.57 bits per heavy atom. The normalized spacial score (nSPS) is 21.0. The van der Waals surface area contributed by atoms with Gasteiger partial charge in [0.05, 0.1) is 13.0 Å². The van der Waals surface area contributed by atoms with Crippen LogP contribution in [0.25, 0.3) is 0 Å². The molecule has 1 aromatic rings. The number of halogens is 1. The number of carboxylic acid groups (broad SMARTS) is 1. The van der Waals surface area contributed by atoms with E-state index < -0.39 is 5.97 Å². The van der Waals surface area contributed by atoms with Crippen molar-refractivity contribution in [2.24, 2.45) is 5.92 Å². The second kappa shape index (κ2) is 7.27. The van der Waals surface area contributed by atoms with Crippen LogP contribution in [0.4, 0.5) is 0 Å². The number of rotatable bonds is 5. The van der Waals surface area contributed by atoms with Gasteiger partial charge in [-0.05, 0) is 44.0 Å². The first-order valence-electron chi connectivity index (χ1n) is 7.37. The first-order chi connectivity index (χ1) is 10.1. The number of carboxylic acids is 1. The highest BCUT2D eigenvalue weighted by molar-refractivity contribution is 9.10. The molecule has 0 bridgehead atoms. The van der Waals surface area contributed by atoms with Gasteiger partial charge in [-0.25, -0.2) is 0 Å². The Morgan fingerprint density at radius 3 is 2.95 bits per heavy atom. The van der Waals surface area contributed by atoms with Gasteiger partial charge in [-0.3, -0.25) is 9.69 Å². The summed E-state index contributed by atoms with van der Waals surface area (Å²) in [6.07, 6.45) is 2.64. The third-order valence-electron chi connectivity index (χ3n) is 4.18. The Kier molecular flexibility index (Phi) is 5.65. The van der Waals surface area contributed by atoms with Crippen molar-refractivity contribution in [2.45, 2.75) is 32.2 Å². The maximum Gasteiger partial charge on any atom is 0.307 e. The third kappa shape index (κ3) is 3.77. The maximum atomic E-state index is 11.3. The predicted molar refractivity (Wildman–Crippen MR) is 85.7 cm³/mol. The lowest BCUT2D eigenvalue weighted by Gasteiger charge is -2.37. The van der Waals surface area contributed by atoms with Crippen molar-refractivity contribution in [3.63, 3.8) is 0 Å². The van der Waals surface area contributed by atoms with Gasteiger partial charge < -0.3 is 9.84 Å². The van der Waals surface area contributed by atoms with Crippen molar-refractivity contribution in [2.75, 3.05) is 20.2 Å². The molecule has 0 aliphatic carbocycles. The highest BCUT2D eigenvalue weighted by Crippen LogP contribution is 2.36. The Morgan fingerprint density at radius 2 is 2.33 bits per heavy atom. The largest absolute Gasteiger partial charge is 0.496 e. The Bertz CT molecular complexity index is 506. The molecule has 4 nitrogen and oxygen atoms in total. The topological polar surface area (TPSA) is 49.8 Å². The first-order valence-corrected chi connectivity index (χ1v) is 8.16. The van der Waals surface area contributed by atoms with Crippen molar-refractivity contribution in [1.82, 2.24) is 4.90 Å². The van der Waals surface area contributed by atoms with E-state index in [2.05, 4.69) is 33.8 Å². The van der Waals surface area contributed by atoms with Crippen LogP contribution in [-0.2, 0) is 4.79 Å². The van der Waals surface area contributed by atoms with Crippen LogP contribution < -0.4 is 4.74 Å². The summed E-state index contributed by atoms with van der Waals surface area (Å²) in [5.74, 6) is -0.0794. The van der Waals surface area contributed by atoms with Crippen LogP contribution in [-0.4, -0.2) is 36.2 Å². The van der Waals surface area contributed by atoms with Crippen LogP contribution in [0.2, 0.25) is 0 Å². The monoisotopic (exact) mass is 355 g/mol. The lowest BCUT2D eigenvalue weighted by atomic mass is 9.93. The average molecular weight is 356 g/mol. The Labute approximate surface area is 134 Å². The fourth-order valence-electron chi connectivity index (χ4n) is 3.13. The van der Waals surface area contributed by atoms with E-state index in [4.69, 9.17) is 4.74 Å². The molecule has 2 rings (SSSR count). The molecule has 0 aromatic heterocycles. The minimum Gasteiger partial charge on any atom is -0.496 e. The quantitative estimate of drug-likeness (QED) is 0.874. The van der Waals surface area contributed by atoms with Crippen LogP contribution in [0, 0.1) is 5.92 Å². The van der Waals surface area contributed by atoms with Gasteiger partial charge in [-0.15, -0.1) is 0 Å². The summed E-state index contributed by atoms with van der Waals surface area (Å²) in [6, 6.07) is 6.20. The van der Waals surface area contributed by atoms with E-state index in [-0.39, 0.29) is 12.0 Å². The van der Waals surface area contributed by atoms with E-state index >= 15 is 0 Å². The van der Waals surface area contributed by atoms with Gasteiger partial charge in [0.2, 0.25) is 0 Å². The second-order valence-corrected chi connectivity index (χ2v) is 6.40. The van der Waals surface area contributed by atoms with E-state index in [1.54, 1.807) is 7.11 Å². The molecule has 21 heavy (non-hydrogen) atoms. The summed E-state index contributed by atoms with van der Waals surface area (Å²) in [5.41, 5.74) is 1.13. The number of nitrogens with zero attached hydrogens (tertiary/aromatic N) is 1. The van der Waals surface area contributed by atoms with E-state index in [9.17, 15) is 9.90 Å². The number of benzene rings is 1. The second-order valence-electron chi connectivity index (χ2n) is 5.48. The molecule has 1 aromatic carbocycles. The molecule has 0 amide bonds. The Balaban J connectivity index is 2.26. The maximum absolute atomic E-state index is 11.3. The summed E-state index contributed by atoms with van der Waals surface area (Å²) in [7, 11) is 1.68. The van der Waals surface area contributed by atoms with Gasteiger partial charge in [0.15, 0.2) is 0 Å². The number of aliphatic carboxylic acids is 1. The predicted octanol–water partition coefficient (Wildman–Crippen LogP) is 3.71. The number of methoxy groups -OCH3 is 1. The highest BCUT2D eigenvalue weighted by Gasteiger charge is 2.30. The van der Waals surface area contributed by atoms with Crippen LogP contribution in [0.5, 0.6) is 5.75 Å². The number of piperidine rings is 1.